The number of hydrogen-bond acceptors (Lipinski definition) is 4. The van der Waals surface area contributed by atoms with E-state index in [-0.39, 0.29) is 28.4 Å². The largest absolute Gasteiger partial charge is 0.506 e. The van der Waals surface area contributed by atoms with E-state index in [0.717, 1.165) is 0 Å². The number of nitrogens with one attached hydrogen (secondary N) is 1. The van der Waals surface area contributed by atoms with Crippen LogP contribution in [0.15, 0.2) is 18.2 Å². The maximum absolute atomic E-state index is 11.8. The summed E-state index contributed by atoms with van der Waals surface area (Å²) in [5, 5.41) is 17.4. The number of rotatable bonds is 5. The van der Waals surface area contributed by atoms with Gasteiger partial charge in [-0.15, -0.1) is 0 Å². The van der Waals surface area contributed by atoms with E-state index in [1.807, 2.05) is 6.92 Å². The molecule has 0 unspecified atom stereocenters. The maximum Gasteiger partial charge on any atom is 0.210 e. The highest BCUT2D eigenvalue weighted by Crippen LogP contribution is 2.24. The molecule has 0 saturated heterocycles. The standard InChI is InChI=1S/C13H15NO3/c1-3-5-11(14)13(17)10-7-4-6-9(8(2)15)12(10)16/h4,6-7,14,16H,3,5H2,1-2H3. The van der Waals surface area contributed by atoms with Crippen LogP contribution >= 0.6 is 0 Å². The molecular formula is C13H15NO3. The van der Waals surface area contributed by atoms with Gasteiger partial charge >= 0.3 is 0 Å². The molecule has 0 heterocycles. The number of aromatic hydroxyl groups is 1. The van der Waals surface area contributed by atoms with Crippen molar-refractivity contribution in [2.45, 2.75) is 26.7 Å². The third-order valence-electron chi connectivity index (χ3n) is 2.43. The summed E-state index contributed by atoms with van der Waals surface area (Å²) in [5.41, 5.74) is 0.0831. The minimum atomic E-state index is -0.521. The third kappa shape index (κ3) is 2.78. The number of hydrogen-bond donors (Lipinski definition) is 2. The Morgan fingerprint density at radius 1 is 1.29 bits per heavy atom. The molecule has 0 aliphatic rings. The Hall–Kier alpha value is -1.97. The molecule has 90 valence electrons. The number of carbonyl (C=O) groups is 2. The van der Waals surface area contributed by atoms with Crippen molar-refractivity contribution in [2.75, 3.05) is 0 Å². The van der Waals surface area contributed by atoms with Gasteiger partial charge in [0.15, 0.2) is 5.78 Å². The van der Waals surface area contributed by atoms with Crippen LogP contribution < -0.4 is 0 Å². The van der Waals surface area contributed by atoms with Crippen LogP contribution in [0.2, 0.25) is 0 Å². The van der Waals surface area contributed by atoms with Crippen molar-refractivity contribution in [3.05, 3.63) is 29.3 Å². The van der Waals surface area contributed by atoms with Crippen LogP contribution in [0.4, 0.5) is 0 Å². The number of Topliss-reactive ketones (excluding diaryl/α,β-unsaturated/α-hetero) is 2. The van der Waals surface area contributed by atoms with Gasteiger partial charge in [-0.3, -0.25) is 9.59 Å². The molecule has 1 aromatic rings. The van der Waals surface area contributed by atoms with Crippen LogP contribution in [-0.4, -0.2) is 22.4 Å². The molecule has 0 atom stereocenters. The van der Waals surface area contributed by atoms with E-state index in [1.165, 1.54) is 25.1 Å². The normalized spacial score (nSPS) is 10.0. The van der Waals surface area contributed by atoms with E-state index < -0.39 is 5.78 Å². The topological polar surface area (TPSA) is 78.2 Å². The van der Waals surface area contributed by atoms with Gasteiger partial charge in [0.2, 0.25) is 5.78 Å². The highest BCUT2D eigenvalue weighted by molar-refractivity contribution is 6.45. The molecule has 0 aromatic heterocycles. The van der Waals surface area contributed by atoms with Crippen molar-refractivity contribution in [1.29, 1.82) is 5.41 Å². The third-order valence-corrected chi connectivity index (χ3v) is 2.43. The number of phenolic OH excluding ortho intramolecular Hbond substituents is 1. The first-order valence-electron chi connectivity index (χ1n) is 5.44. The van der Waals surface area contributed by atoms with Gasteiger partial charge in [0.05, 0.1) is 16.8 Å². The zero-order valence-corrected chi connectivity index (χ0v) is 9.91. The van der Waals surface area contributed by atoms with Crippen molar-refractivity contribution in [2.24, 2.45) is 0 Å². The van der Waals surface area contributed by atoms with E-state index >= 15 is 0 Å². The number of benzene rings is 1. The number of phenols is 1. The number of ketones is 2. The second-order valence-corrected chi connectivity index (χ2v) is 3.82. The van der Waals surface area contributed by atoms with Crippen molar-refractivity contribution < 1.29 is 14.7 Å². The molecule has 0 saturated carbocycles. The molecule has 0 amide bonds. The maximum atomic E-state index is 11.8. The Bertz CT molecular complexity index is 478. The van der Waals surface area contributed by atoms with Gasteiger partial charge in [-0.25, -0.2) is 0 Å². The van der Waals surface area contributed by atoms with Gasteiger partial charge in [0, 0.05) is 0 Å². The molecule has 1 rings (SSSR count). The Labute approximate surface area is 99.8 Å². The van der Waals surface area contributed by atoms with Gasteiger partial charge < -0.3 is 10.5 Å². The molecule has 0 aliphatic carbocycles. The van der Waals surface area contributed by atoms with E-state index in [9.17, 15) is 14.7 Å². The van der Waals surface area contributed by atoms with Crippen molar-refractivity contribution >= 4 is 17.3 Å². The van der Waals surface area contributed by atoms with E-state index in [2.05, 4.69) is 0 Å². The number of carbonyl (C=O) groups excluding carboxylic acids is 2. The zero-order valence-electron chi connectivity index (χ0n) is 9.91. The fourth-order valence-corrected chi connectivity index (χ4v) is 1.54. The van der Waals surface area contributed by atoms with Gasteiger partial charge in [-0.05, 0) is 25.5 Å². The lowest BCUT2D eigenvalue weighted by atomic mass is 9.99. The molecule has 0 bridgehead atoms. The predicted octanol–water partition coefficient (Wildman–Crippen LogP) is 2.60. The smallest absolute Gasteiger partial charge is 0.210 e. The van der Waals surface area contributed by atoms with Crippen molar-refractivity contribution in [3.8, 4) is 5.75 Å². The van der Waals surface area contributed by atoms with Crippen LogP contribution in [0.3, 0.4) is 0 Å². The van der Waals surface area contributed by atoms with Crippen molar-refractivity contribution in [1.82, 2.24) is 0 Å². The predicted molar refractivity (Wildman–Crippen MR) is 65.1 cm³/mol. The van der Waals surface area contributed by atoms with Gasteiger partial charge in [-0.2, -0.15) is 0 Å². The Balaban J connectivity index is 3.15. The minimum absolute atomic E-state index is 0.0242. The van der Waals surface area contributed by atoms with E-state index in [4.69, 9.17) is 5.41 Å². The zero-order chi connectivity index (χ0) is 13.0. The number of para-hydroxylation sites is 1. The molecule has 0 radical (unpaired) electrons. The molecule has 17 heavy (non-hydrogen) atoms. The molecule has 2 N–H and O–H groups in total. The lowest BCUT2D eigenvalue weighted by Crippen LogP contribution is -2.13. The lowest BCUT2D eigenvalue weighted by molar-refractivity contribution is 0.101. The lowest BCUT2D eigenvalue weighted by Gasteiger charge is -2.07. The van der Waals surface area contributed by atoms with Gasteiger partial charge in [0.1, 0.15) is 5.75 Å². The van der Waals surface area contributed by atoms with Crippen LogP contribution in [-0.2, 0) is 0 Å². The fourth-order valence-electron chi connectivity index (χ4n) is 1.54. The first kappa shape index (κ1) is 13.1. The first-order valence-corrected chi connectivity index (χ1v) is 5.44. The minimum Gasteiger partial charge on any atom is -0.506 e. The van der Waals surface area contributed by atoms with Crippen molar-refractivity contribution in [3.63, 3.8) is 0 Å². The summed E-state index contributed by atoms with van der Waals surface area (Å²) < 4.78 is 0. The summed E-state index contributed by atoms with van der Waals surface area (Å²) >= 11 is 0. The van der Waals surface area contributed by atoms with Gasteiger partial charge in [0.25, 0.3) is 0 Å². The molecule has 0 fully saturated rings. The quantitative estimate of drug-likeness (QED) is 0.606. The van der Waals surface area contributed by atoms with Crippen LogP contribution in [0.5, 0.6) is 5.75 Å². The average Bonchev–Trinajstić information content (AvgIpc) is 2.28. The average molecular weight is 233 g/mol. The second-order valence-electron chi connectivity index (χ2n) is 3.82. The van der Waals surface area contributed by atoms with Crippen LogP contribution in [0.25, 0.3) is 0 Å². The Kier molecular flexibility index (Phi) is 4.15. The van der Waals surface area contributed by atoms with E-state index in [0.29, 0.717) is 12.8 Å². The molecule has 4 nitrogen and oxygen atoms in total. The molecule has 0 spiro atoms. The SMILES string of the molecule is CCCC(=N)C(=O)c1cccc(C(C)=O)c1O. The first-order chi connectivity index (χ1) is 7.99. The summed E-state index contributed by atoms with van der Waals surface area (Å²) in [6.07, 6.45) is 1.06. The summed E-state index contributed by atoms with van der Waals surface area (Å²) in [6, 6.07) is 4.41. The Morgan fingerprint density at radius 3 is 2.41 bits per heavy atom. The summed E-state index contributed by atoms with van der Waals surface area (Å²) in [6.45, 7) is 3.19. The van der Waals surface area contributed by atoms with Crippen LogP contribution in [0.1, 0.15) is 47.4 Å². The van der Waals surface area contributed by atoms with Crippen LogP contribution in [0, 0.1) is 5.41 Å². The molecule has 1 aromatic carbocycles. The Morgan fingerprint density at radius 2 is 1.88 bits per heavy atom. The van der Waals surface area contributed by atoms with E-state index in [1.54, 1.807) is 0 Å². The molecular weight excluding hydrogens is 218 g/mol. The monoisotopic (exact) mass is 233 g/mol. The summed E-state index contributed by atoms with van der Waals surface area (Å²) in [5.74, 6) is -1.16. The van der Waals surface area contributed by atoms with Gasteiger partial charge in [-0.1, -0.05) is 19.4 Å². The fraction of sp³-hybridized carbons (Fsp3) is 0.308. The highest BCUT2D eigenvalue weighted by atomic mass is 16.3. The summed E-state index contributed by atoms with van der Waals surface area (Å²) in [7, 11) is 0. The highest BCUT2D eigenvalue weighted by Gasteiger charge is 2.19. The molecule has 0 aliphatic heterocycles. The second kappa shape index (κ2) is 5.39. The molecule has 4 heteroatoms. The summed E-state index contributed by atoms with van der Waals surface area (Å²) in [4.78, 5) is 23.0.